The fourth-order valence-corrected chi connectivity index (χ4v) is 2.02. The van der Waals surface area contributed by atoms with Crippen molar-refractivity contribution in [3.8, 4) is 17.2 Å². The van der Waals surface area contributed by atoms with E-state index in [2.05, 4.69) is 5.32 Å². The van der Waals surface area contributed by atoms with Gasteiger partial charge in [0.1, 0.15) is 35.4 Å². The molecule has 0 aliphatic carbocycles. The van der Waals surface area contributed by atoms with Gasteiger partial charge in [-0.15, -0.1) is 0 Å². The van der Waals surface area contributed by atoms with Crippen LogP contribution in [0.2, 0.25) is 0 Å². The van der Waals surface area contributed by atoms with Gasteiger partial charge >= 0.3 is 0 Å². The van der Waals surface area contributed by atoms with E-state index in [4.69, 9.17) is 18.6 Å². The maximum absolute atomic E-state index is 5.75. The number of methoxy groups -OCH3 is 2. The minimum absolute atomic E-state index is 0.362. The van der Waals surface area contributed by atoms with Gasteiger partial charge in [0.25, 0.3) is 0 Å². The molecule has 1 aromatic heterocycles. The molecule has 0 saturated carbocycles. The van der Waals surface area contributed by atoms with Crippen LogP contribution in [-0.4, -0.2) is 21.3 Å². The van der Waals surface area contributed by atoms with E-state index >= 15 is 0 Å². The summed E-state index contributed by atoms with van der Waals surface area (Å²) < 4.78 is 21.9. The zero-order chi connectivity index (χ0) is 15.2. The summed E-state index contributed by atoms with van der Waals surface area (Å²) in [4.78, 5) is 0. The molecular weight excluding hydrogens is 270 g/mol. The van der Waals surface area contributed by atoms with E-state index in [0.717, 1.165) is 17.1 Å². The standard InChI is InChI=1S/C16H21NO4/c1-11-5-15(21-16(11)9-17-2)10-20-14-7-12(18-3)6-13(8-14)19-4/h5-8,17H,9-10H2,1-4H3. The summed E-state index contributed by atoms with van der Waals surface area (Å²) in [5.74, 6) is 3.78. The Hall–Kier alpha value is -2.14. The molecule has 0 atom stereocenters. The number of benzene rings is 1. The molecule has 114 valence electrons. The number of aryl methyl sites for hydroxylation is 1. The van der Waals surface area contributed by atoms with E-state index in [9.17, 15) is 0 Å². The maximum atomic E-state index is 5.75. The van der Waals surface area contributed by atoms with E-state index in [1.807, 2.05) is 32.2 Å². The quantitative estimate of drug-likeness (QED) is 0.850. The van der Waals surface area contributed by atoms with Crippen LogP contribution in [0.3, 0.4) is 0 Å². The molecule has 0 spiro atoms. The third kappa shape index (κ3) is 3.92. The molecule has 0 amide bonds. The molecule has 1 heterocycles. The molecule has 0 saturated heterocycles. The van der Waals surface area contributed by atoms with Crippen molar-refractivity contribution in [3.63, 3.8) is 0 Å². The van der Waals surface area contributed by atoms with Gasteiger partial charge in [0, 0.05) is 18.2 Å². The lowest BCUT2D eigenvalue weighted by molar-refractivity contribution is 0.262. The third-order valence-corrected chi connectivity index (χ3v) is 3.12. The van der Waals surface area contributed by atoms with Crippen LogP contribution in [0.4, 0.5) is 0 Å². The van der Waals surface area contributed by atoms with Crippen LogP contribution in [0.5, 0.6) is 17.2 Å². The van der Waals surface area contributed by atoms with Crippen LogP contribution in [0.15, 0.2) is 28.7 Å². The SMILES string of the molecule is CNCc1oc(COc2cc(OC)cc(OC)c2)cc1C. The molecule has 0 unspecified atom stereocenters. The van der Waals surface area contributed by atoms with Gasteiger partial charge in [-0.05, 0) is 25.6 Å². The third-order valence-electron chi connectivity index (χ3n) is 3.12. The molecular formula is C16H21NO4. The Morgan fingerprint density at radius 1 is 1.00 bits per heavy atom. The monoisotopic (exact) mass is 291 g/mol. The molecule has 1 aromatic carbocycles. The van der Waals surface area contributed by atoms with E-state index in [1.54, 1.807) is 20.3 Å². The Morgan fingerprint density at radius 2 is 1.62 bits per heavy atom. The molecule has 0 aliphatic rings. The van der Waals surface area contributed by atoms with Crippen LogP contribution in [-0.2, 0) is 13.2 Å². The van der Waals surface area contributed by atoms with Crippen molar-refractivity contribution in [1.29, 1.82) is 0 Å². The van der Waals surface area contributed by atoms with E-state index in [-0.39, 0.29) is 0 Å². The molecule has 0 radical (unpaired) electrons. The number of furan rings is 1. The van der Waals surface area contributed by atoms with Crippen molar-refractivity contribution < 1.29 is 18.6 Å². The lowest BCUT2D eigenvalue weighted by Crippen LogP contribution is -2.04. The van der Waals surface area contributed by atoms with Gasteiger partial charge in [-0.1, -0.05) is 0 Å². The summed E-state index contributed by atoms with van der Waals surface area (Å²) in [7, 11) is 5.11. The summed E-state index contributed by atoms with van der Waals surface area (Å²) in [5.41, 5.74) is 1.12. The smallest absolute Gasteiger partial charge is 0.146 e. The Bertz CT molecular complexity index is 570. The van der Waals surface area contributed by atoms with Crippen molar-refractivity contribution in [2.45, 2.75) is 20.1 Å². The van der Waals surface area contributed by atoms with Gasteiger partial charge in [0.15, 0.2) is 0 Å². The van der Waals surface area contributed by atoms with E-state index in [1.165, 1.54) is 0 Å². The van der Waals surface area contributed by atoms with Crippen molar-refractivity contribution in [2.24, 2.45) is 0 Å². The first-order chi connectivity index (χ1) is 10.2. The highest BCUT2D eigenvalue weighted by Crippen LogP contribution is 2.28. The van der Waals surface area contributed by atoms with Crippen molar-refractivity contribution in [2.75, 3.05) is 21.3 Å². The molecule has 0 bridgehead atoms. The number of ether oxygens (including phenoxy) is 3. The summed E-state index contributed by atoms with van der Waals surface area (Å²) in [5, 5.41) is 3.07. The number of rotatable bonds is 7. The second-order valence-corrected chi connectivity index (χ2v) is 4.69. The number of hydrogen-bond donors (Lipinski definition) is 1. The zero-order valence-electron chi connectivity index (χ0n) is 12.9. The average Bonchev–Trinajstić information content (AvgIpc) is 2.85. The summed E-state index contributed by atoms with van der Waals surface area (Å²) >= 11 is 0. The van der Waals surface area contributed by atoms with Crippen molar-refractivity contribution in [3.05, 3.63) is 41.3 Å². The van der Waals surface area contributed by atoms with Crippen LogP contribution < -0.4 is 19.5 Å². The zero-order valence-corrected chi connectivity index (χ0v) is 12.9. The van der Waals surface area contributed by atoms with Crippen LogP contribution in [0.1, 0.15) is 17.1 Å². The van der Waals surface area contributed by atoms with Crippen LogP contribution in [0, 0.1) is 6.92 Å². The van der Waals surface area contributed by atoms with Gasteiger partial charge in [-0.2, -0.15) is 0 Å². The molecule has 2 rings (SSSR count). The lowest BCUT2D eigenvalue weighted by atomic mass is 10.2. The van der Waals surface area contributed by atoms with Gasteiger partial charge in [-0.3, -0.25) is 0 Å². The molecule has 0 fully saturated rings. The molecule has 2 aromatic rings. The largest absolute Gasteiger partial charge is 0.496 e. The normalized spacial score (nSPS) is 10.5. The average molecular weight is 291 g/mol. The Balaban J connectivity index is 2.07. The summed E-state index contributed by atoms with van der Waals surface area (Å²) in [6, 6.07) is 7.42. The highest BCUT2D eigenvalue weighted by atomic mass is 16.5. The minimum atomic E-state index is 0.362. The number of hydrogen-bond acceptors (Lipinski definition) is 5. The minimum Gasteiger partial charge on any atom is -0.496 e. The van der Waals surface area contributed by atoms with Crippen LogP contribution in [0.25, 0.3) is 0 Å². The second-order valence-electron chi connectivity index (χ2n) is 4.69. The Kier molecular flexibility index (Phi) is 5.11. The topological polar surface area (TPSA) is 52.9 Å². The Morgan fingerprint density at radius 3 is 2.19 bits per heavy atom. The highest BCUT2D eigenvalue weighted by molar-refractivity contribution is 5.42. The molecule has 5 heteroatoms. The molecule has 1 N–H and O–H groups in total. The van der Waals surface area contributed by atoms with E-state index < -0.39 is 0 Å². The van der Waals surface area contributed by atoms with E-state index in [0.29, 0.717) is 30.4 Å². The van der Waals surface area contributed by atoms with Gasteiger partial charge in [-0.25, -0.2) is 0 Å². The molecule has 21 heavy (non-hydrogen) atoms. The summed E-state index contributed by atoms with van der Waals surface area (Å²) in [6.45, 7) is 3.09. The first-order valence-corrected chi connectivity index (χ1v) is 6.75. The fraction of sp³-hybridized carbons (Fsp3) is 0.375. The van der Waals surface area contributed by atoms with Gasteiger partial charge in [0.05, 0.1) is 20.8 Å². The van der Waals surface area contributed by atoms with Crippen molar-refractivity contribution in [1.82, 2.24) is 5.32 Å². The van der Waals surface area contributed by atoms with Gasteiger partial charge in [0.2, 0.25) is 0 Å². The summed E-state index contributed by atoms with van der Waals surface area (Å²) in [6.07, 6.45) is 0. The lowest BCUT2D eigenvalue weighted by Gasteiger charge is -2.09. The second kappa shape index (κ2) is 7.04. The predicted molar refractivity (Wildman–Crippen MR) is 80.1 cm³/mol. The number of nitrogens with one attached hydrogen (secondary N) is 1. The molecule has 5 nitrogen and oxygen atoms in total. The highest BCUT2D eigenvalue weighted by Gasteiger charge is 2.08. The van der Waals surface area contributed by atoms with Crippen LogP contribution >= 0.6 is 0 Å². The van der Waals surface area contributed by atoms with Gasteiger partial charge < -0.3 is 23.9 Å². The predicted octanol–water partition coefficient (Wildman–Crippen LogP) is 2.90. The first kappa shape index (κ1) is 15.3. The molecule has 0 aliphatic heterocycles. The maximum Gasteiger partial charge on any atom is 0.146 e. The Labute approximate surface area is 124 Å². The van der Waals surface area contributed by atoms with Crippen molar-refractivity contribution >= 4 is 0 Å². The first-order valence-electron chi connectivity index (χ1n) is 6.75. The fourth-order valence-electron chi connectivity index (χ4n) is 2.02.